The first-order chi connectivity index (χ1) is 11.4. The molecule has 1 atom stereocenters. The van der Waals surface area contributed by atoms with Gasteiger partial charge in [-0.1, -0.05) is 0 Å². The highest BCUT2D eigenvalue weighted by Gasteiger charge is 2.53. The Bertz CT molecular complexity index is 885. The van der Waals surface area contributed by atoms with Gasteiger partial charge in [0.25, 0.3) is 5.91 Å². The van der Waals surface area contributed by atoms with Crippen molar-refractivity contribution >= 4 is 11.7 Å². The van der Waals surface area contributed by atoms with Crippen LogP contribution < -0.4 is 5.32 Å². The van der Waals surface area contributed by atoms with E-state index in [1.54, 1.807) is 10.8 Å². The van der Waals surface area contributed by atoms with E-state index in [9.17, 15) is 18.0 Å². The number of carbonyl (C=O) groups is 1. The number of amidine groups is 1. The zero-order valence-electron chi connectivity index (χ0n) is 12.6. The monoisotopic (exact) mass is 335 g/mol. The van der Waals surface area contributed by atoms with Crippen LogP contribution >= 0.6 is 0 Å². The maximum Gasteiger partial charge on any atom is 0.433 e. The lowest BCUT2D eigenvalue weighted by atomic mass is 9.84. The first-order valence-corrected chi connectivity index (χ1v) is 7.28. The van der Waals surface area contributed by atoms with E-state index >= 15 is 0 Å². The van der Waals surface area contributed by atoms with Gasteiger partial charge in [-0.05, 0) is 18.6 Å². The summed E-state index contributed by atoms with van der Waals surface area (Å²) in [5, 5.41) is 2.69. The summed E-state index contributed by atoms with van der Waals surface area (Å²) in [4.78, 5) is 24.8. The third-order valence-electron chi connectivity index (χ3n) is 4.50. The van der Waals surface area contributed by atoms with Gasteiger partial charge in [-0.3, -0.25) is 9.79 Å². The normalized spacial score (nSPS) is 24.2. The molecular formula is C15H12F3N5O. The van der Waals surface area contributed by atoms with Crippen molar-refractivity contribution in [3.8, 4) is 0 Å². The molecule has 2 aromatic heterocycles. The van der Waals surface area contributed by atoms with Gasteiger partial charge in [0.2, 0.25) is 0 Å². The average molecular weight is 335 g/mol. The number of fused-ring (bicyclic) bond motifs is 4. The smallest absolute Gasteiger partial charge is 0.314 e. The van der Waals surface area contributed by atoms with E-state index in [1.807, 2.05) is 0 Å². The Morgan fingerprint density at radius 3 is 2.88 bits per heavy atom. The SMILES string of the molecule is CN=C1NC(=O)[C@]2(CCc3nccn32)c2nc(C(F)(F)F)ccc21. The highest BCUT2D eigenvalue weighted by molar-refractivity contribution is 6.15. The molecule has 4 heterocycles. The zero-order valence-corrected chi connectivity index (χ0v) is 12.6. The maximum absolute atomic E-state index is 13.1. The van der Waals surface area contributed by atoms with E-state index in [0.29, 0.717) is 24.2 Å². The number of alkyl halides is 3. The van der Waals surface area contributed by atoms with Crippen LogP contribution in [0, 0.1) is 0 Å². The van der Waals surface area contributed by atoms with Gasteiger partial charge in [-0.2, -0.15) is 13.2 Å². The molecule has 1 spiro atoms. The van der Waals surface area contributed by atoms with Gasteiger partial charge in [0.15, 0.2) is 5.54 Å². The van der Waals surface area contributed by atoms with Gasteiger partial charge in [0.1, 0.15) is 17.4 Å². The molecule has 4 rings (SSSR count). The number of imidazole rings is 1. The number of hydrogen-bond donors (Lipinski definition) is 1. The number of amides is 1. The van der Waals surface area contributed by atoms with E-state index in [0.717, 1.165) is 6.07 Å². The molecular weight excluding hydrogens is 323 g/mol. The molecule has 24 heavy (non-hydrogen) atoms. The Kier molecular flexibility index (Phi) is 2.88. The van der Waals surface area contributed by atoms with Gasteiger partial charge in [-0.15, -0.1) is 0 Å². The van der Waals surface area contributed by atoms with Crippen molar-refractivity contribution in [1.82, 2.24) is 19.9 Å². The van der Waals surface area contributed by atoms with Crippen molar-refractivity contribution < 1.29 is 18.0 Å². The van der Waals surface area contributed by atoms with E-state index in [1.165, 1.54) is 19.3 Å². The van der Waals surface area contributed by atoms with Gasteiger partial charge in [0.05, 0.1) is 5.69 Å². The lowest BCUT2D eigenvalue weighted by Crippen LogP contribution is -2.55. The molecule has 124 valence electrons. The van der Waals surface area contributed by atoms with Crippen molar-refractivity contribution in [2.45, 2.75) is 24.6 Å². The van der Waals surface area contributed by atoms with Crippen molar-refractivity contribution in [3.63, 3.8) is 0 Å². The van der Waals surface area contributed by atoms with Crippen LogP contribution in [0.4, 0.5) is 13.2 Å². The number of nitrogens with one attached hydrogen (secondary N) is 1. The Hall–Kier alpha value is -2.71. The van der Waals surface area contributed by atoms with Crippen LogP contribution in [0.15, 0.2) is 29.5 Å². The second kappa shape index (κ2) is 4.65. The van der Waals surface area contributed by atoms with Crippen LogP contribution in [0.5, 0.6) is 0 Å². The number of nitrogens with zero attached hydrogens (tertiary/aromatic N) is 4. The summed E-state index contributed by atoms with van der Waals surface area (Å²) in [6, 6.07) is 2.21. The number of halogens is 3. The summed E-state index contributed by atoms with van der Waals surface area (Å²) >= 11 is 0. The van der Waals surface area contributed by atoms with E-state index in [2.05, 4.69) is 20.3 Å². The minimum Gasteiger partial charge on any atom is -0.314 e. The fourth-order valence-electron chi connectivity index (χ4n) is 3.42. The molecule has 0 radical (unpaired) electrons. The fraction of sp³-hybridized carbons (Fsp3) is 0.333. The molecule has 1 amide bonds. The van der Waals surface area contributed by atoms with Crippen molar-refractivity contribution in [2.75, 3.05) is 7.05 Å². The summed E-state index contributed by atoms with van der Waals surface area (Å²) in [6.45, 7) is 0. The van der Waals surface area contributed by atoms with Crippen LogP contribution in [-0.4, -0.2) is 33.3 Å². The van der Waals surface area contributed by atoms with Crippen LogP contribution in [0.1, 0.15) is 29.2 Å². The standard InChI is InChI=1S/C15H12F3N5O/c1-19-12-8-2-3-9(15(16,17)18)21-11(8)14(13(24)22-12)5-4-10-20-6-7-23(10)14/h2-3,6-7H,4-5H2,1H3,(H,19,22,24)/t14-/m0/s1. The largest absolute Gasteiger partial charge is 0.433 e. The van der Waals surface area contributed by atoms with Crippen LogP contribution in [0.3, 0.4) is 0 Å². The molecule has 1 N–H and O–H groups in total. The molecule has 2 aliphatic heterocycles. The molecule has 0 bridgehead atoms. The number of hydrogen-bond acceptors (Lipinski definition) is 4. The predicted molar refractivity (Wildman–Crippen MR) is 77.5 cm³/mol. The number of rotatable bonds is 0. The Morgan fingerprint density at radius 1 is 1.38 bits per heavy atom. The molecule has 0 saturated carbocycles. The highest BCUT2D eigenvalue weighted by atomic mass is 19.4. The van der Waals surface area contributed by atoms with Crippen LogP contribution in [0.2, 0.25) is 0 Å². The third kappa shape index (κ3) is 1.78. The Morgan fingerprint density at radius 2 is 2.17 bits per heavy atom. The number of aromatic nitrogens is 3. The van der Waals surface area contributed by atoms with Crippen molar-refractivity contribution in [3.05, 3.63) is 47.3 Å². The molecule has 9 heteroatoms. The van der Waals surface area contributed by atoms with Gasteiger partial charge in [0, 0.05) is 31.4 Å². The Balaban J connectivity index is 2.04. The zero-order chi connectivity index (χ0) is 17.1. The molecule has 6 nitrogen and oxygen atoms in total. The third-order valence-corrected chi connectivity index (χ3v) is 4.50. The molecule has 0 aromatic carbocycles. The number of pyridine rings is 1. The molecule has 0 fully saturated rings. The molecule has 0 saturated heterocycles. The fourth-order valence-corrected chi connectivity index (χ4v) is 3.42. The van der Waals surface area contributed by atoms with Crippen LogP contribution in [-0.2, 0) is 22.9 Å². The molecule has 2 aliphatic rings. The summed E-state index contributed by atoms with van der Waals surface area (Å²) < 4.78 is 41.0. The first kappa shape index (κ1) is 14.9. The second-order valence-electron chi connectivity index (χ2n) is 5.69. The van der Waals surface area contributed by atoms with Gasteiger partial charge in [-0.25, -0.2) is 9.97 Å². The van der Waals surface area contributed by atoms with E-state index in [-0.39, 0.29) is 11.5 Å². The second-order valence-corrected chi connectivity index (χ2v) is 5.69. The van der Waals surface area contributed by atoms with Crippen LogP contribution in [0.25, 0.3) is 0 Å². The topological polar surface area (TPSA) is 72.2 Å². The molecule has 0 unspecified atom stereocenters. The lowest BCUT2D eigenvalue weighted by molar-refractivity contribution is -0.141. The quantitative estimate of drug-likeness (QED) is 0.793. The summed E-state index contributed by atoms with van der Waals surface area (Å²) in [7, 11) is 1.46. The number of aliphatic imine (C=N–C) groups is 1. The first-order valence-electron chi connectivity index (χ1n) is 7.28. The summed E-state index contributed by atoms with van der Waals surface area (Å²) in [6.07, 6.45) is -0.678. The van der Waals surface area contributed by atoms with E-state index < -0.39 is 23.3 Å². The average Bonchev–Trinajstić information content (AvgIpc) is 3.13. The highest BCUT2D eigenvalue weighted by Crippen LogP contribution is 2.42. The van der Waals surface area contributed by atoms with E-state index in [4.69, 9.17) is 0 Å². The molecule has 0 aliphatic carbocycles. The Labute approximate surface area is 134 Å². The number of aryl methyl sites for hydroxylation is 1. The minimum absolute atomic E-state index is 0.0680. The summed E-state index contributed by atoms with van der Waals surface area (Å²) in [5.41, 5.74) is -1.89. The van der Waals surface area contributed by atoms with Gasteiger partial charge < -0.3 is 9.88 Å². The lowest BCUT2D eigenvalue weighted by Gasteiger charge is -2.35. The number of carbonyl (C=O) groups excluding carboxylic acids is 1. The van der Waals surface area contributed by atoms with Crippen molar-refractivity contribution in [2.24, 2.45) is 4.99 Å². The minimum atomic E-state index is -4.59. The van der Waals surface area contributed by atoms with Crippen molar-refractivity contribution in [1.29, 1.82) is 0 Å². The summed E-state index contributed by atoms with van der Waals surface area (Å²) in [5.74, 6) is 0.418. The van der Waals surface area contributed by atoms with Gasteiger partial charge >= 0.3 is 6.18 Å². The predicted octanol–water partition coefficient (Wildman–Crippen LogP) is 1.49. The maximum atomic E-state index is 13.1. The molecule has 2 aromatic rings.